The molecule has 32 heavy (non-hydrogen) atoms. The highest BCUT2D eigenvalue weighted by molar-refractivity contribution is 6.04. The Kier molecular flexibility index (Phi) is 5.86. The summed E-state index contributed by atoms with van der Waals surface area (Å²) < 4.78 is 15.0. The molecule has 11 nitrogen and oxygen atoms in total. The average molecular weight is 445 g/mol. The third kappa shape index (κ3) is 3.63. The number of esters is 2. The van der Waals surface area contributed by atoms with Gasteiger partial charge < -0.3 is 29.4 Å². The molecule has 1 aliphatic heterocycles. The molecule has 0 fully saturated rings. The average Bonchev–Trinajstić information content (AvgIpc) is 3.19. The Morgan fingerprint density at radius 1 is 1.16 bits per heavy atom. The number of amides is 1. The van der Waals surface area contributed by atoms with E-state index in [1.807, 2.05) is 0 Å². The number of carbonyl (C=O) groups is 3. The molecule has 0 spiro atoms. The minimum atomic E-state index is -1.67. The SMILES string of the molecule is COC(=O)c1cc2c3c(cc(OC(=O)C(C)(C)C)c2[nH]1)N(C(=O)OC)C(C#N)C(O)C3O. The number of carbonyl (C=O) groups excluding carboxylic acids is 3. The van der Waals surface area contributed by atoms with Crippen LogP contribution in [0.25, 0.3) is 10.9 Å². The number of aliphatic hydroxyl groups excluding tert-OH is 2. The first-order valence-electron chi connectivity index (χ1n) is 9.59. The minimum absolute atomic E-state index is 0.0131. The van der Waals surface area contributed by atoms with Crippen LogP contribution in [0.4, 0.5) is 10.5 Å². The zero-order chi connectivity index (χ0) is 24.0. The summed E-state index contributed by atoms with van der Waals surface area (Å²) in [4.78, 5) is 40.9. The summed E-state index contributed by atoms with van der Waals surface area (Å²) in [5.74, 6) is -1.39. The molecule has 0 bridgehead atoms. The maximum Gasteiger partial charge on any atom is 0.415 e. The van der Waals surface area contributed by atoms with Crippen molar-refractivity contribution in [1.82, 2.24) is 4.98 Å². The van der Waals surface area contributed by atoms with Gasteiger partial charge in [0.25, 0.3) is 0 Å². The van der Waals surface area contributed by atoms with Gasteiger partial charge in [0.2, 0.25) is 0 Å². The van der Waals surface area contributed by atoms with Gasteiger partial charge in [-0.1, -0.05) is 0 Å². The van der Waals surface area contributed by atoms with Crippen LogP contribution >= 0.6 is 0 Å². The first-order valence-corrected chi connectivity index (χ1v) is 9.59. The molecule has 0 saturated carbocycles. The predicted octanol–water partition coefficient (Wildman–Crippen LogP) is 1.78. The fourth-order valence-electron chi connectivity index (χ4n) is 3.43. The van der Waals surface area contributed by atoms with Gasteiger partial charge >= 0.3 is 18.0 Å². The molecule has 2 aromatic rings. The van der Waals surface area contributed by atoms with Gasteiger partial charge in [-0.15, -0.1) is 0 Å². The topological polar surface area (TPSA) is 162 Å². The number of fused-ring (bicyclic) bond motifs is 3. The molecule has 1 aromatic heterocycles. The fraction of sp³-hybridized carbons (Fsp3) is 0.429. The van der Waals surface area contributed by atoms with Crippen LogP contribution in [0, 0.1) is 16.7 Å². The molecule has 1 aromatic carbocycles. The molecule has 3 rings (SSSR count). The van der Waals surface area contributed by atoms with E-state index in [1.54, 1.807) is 26.8 Å². The van der Waals surface area contributed by atoms with E-state index < -0.39 is 41.7 Å². The number of hydrogen-bond donors (Lipinski definition) is 3. The molecule has 1 amide bonds. The molecule has 2 heterocycles. The lowest BCUT2D eigenvalue weighted by atomic mass is 9.88. The van der Waals surface area contributed by atoms with Crippen LogP contribution < -0.4 is 9.64 Å². The van der Waals surface area contributed by atoms with Crippen LogP contribution in [0.15, 0.2) is 12.1 Å². The Hall–Kier alpha value is -3.62. The van der Waals surface area contributed by atoms with Gasteiger partial charge in [-0.25, -0.2) is 9.59 Å². The number of hydrogen-bond acceptors (Lipinski definition) is 9. The quantitative estimate of drug-likeness (QED) is 0.462. The van der Waals surface area contributed by atoms with Crippen molar-refractivity contribution >= 4 is 34.6 Å². The van der Waals surface area contributed by atoms with Crippen molar-refractivity contribution in [1.29, 1.82) is 5.26 Å². The molecule has 170 valence electrons. The van der Waals surface area contributed by atoms with Crippen LogP contribution in [-0.4, -0.2) is 59.6 Å². The second-order valence-corrected chi connectivity index (χ2v) is 8.26. The third-order valence-electron chi connectivity index (χ3n) is 5.10. The summed E-state index contributed by atoms with van der Waals surface area (Å²) in [7, 11) is 2.28. The molecule has 3 N–H and O–H groups in total. The summed E-state index contributed by atoms with van der Waals surface area (Å²) >= 11 is 0. The van der Waals surface area contributed by atoms with Gasteiger partial charge in [0.05, 0.1) is 36.9 Å². The predicted molar refractivity (Wildman–Crippen MR) is 110 cm³/mol. The highest BCUT2D eigenvalue weighted by Crippen LogP contribution is 2.46. The first-order chi connectivity index (χ1) is 15.0. The zero-order valence-electron chi connectivity index (χ0n) is 18.1. The summed E-state index contributed by atoms with van der Waals surface area (Å²) in [6.07, 6.45) is -4.24. The summed E-state index contributed by atoms with van der Waals surface area (Å²) in [6.45, 7) is 4.93. The summed E-state index contributed by atoms with van der Waals surface area (Å²) in [6, 6.07) is 2.91. The lowest BCUT2D eigenvalue weighted by Gasteiger charge is -2.38. The molecule has 0 radical (unpaired) electrons. The number of H-pyrrole nitrogens is 1. The molecule has 0 saturated heterocycles. The number of nitriles is 1. The van der Waals surface area contributed by atoms with E-state index in [-0.39, 0.29) is 33.6 Å². The lowest BCUT2D eigenvalue weighted by molar-refractivity contribution is -0.142. The van der Waals surface area contributed by atoms with Gasteiger partial charge in [-0.2, -0.15) is 5.26 Å². The highest BCUT2D eigenvalue weighted by atomic mass is 16.5. The summed E-state index contributed by atoms with van der Waals surface area (Å²) in [5, 5.41) is 31.1. The monoisotopic (exact) mass is 445 g/mol. The Morgan fingerprint density at radius 2 is 1.81 bits per heavy atom. The Labute approximate surface area is 183 Å². The number of methoxy groups -OCH3 is 2. The fourth-order valence-corrected chi connectivity index (χ4v) is 3.43. The molecule has 0 aliphatic carbocycles. The van der Waals surface area contributed by atoms with Gasteiger partial charge in [0, 0.05) is 17.0 Å². The van der Waals surface area contributed by atoms with Crippen LogP contribution in [0.2, 0.25) is 0 Å². The van der Waals surface area contributed by atoms with Crippen LogP contribution in [0.5, 0.6) is 5.75 Å². The van der Waals surface area contributed by atoms with E-state index in [2.05, 4.69) is 4.98 Å². The molecular weight excluding hydrogens is 422 g/mol. The number of nitrogens with one attached hydrogen (secondary N) is 1. The molecule has 3 atom stereocenters. The third-order valence-corrected chi connectivity index (χ3v) is 5.10. The smallest absolute Gasteiger partial charge is 0.415 e. The molecular formula is C21H23N3O8. The highest BCUT2D eigenvalue weighted by Gasteiger charge is 2.45. The number of aromatic nitrogens is 1. The van der Waals surface area contributed by atoms with E-state index in [9.17, 15) is 29.9 Å². The Morgan fingerprint density at radius 3 is 2.34 bits per heavy atom. The lowest BCUT2D eigenvalue weighted by Crippen LogP contribution is -2.52. The summed E-state index contributed by atoms with van der Waals surface area (Å²) in [5.41, 5.74) is -0.703. The van der Waals surface area contributed by atoms with Crippen molar-refractivity contribution in [2.45, 2.75) is 39.0 Å². The number of ether oxygens (including phenoxy) is 3. The van der Waals surface area contributed by atoms with E-state index in [0.29, 0.717) is 0 Å². The number of nitrogens with zero attached hydrogens (tertiary/aromatic N) is 2. The number of rotatable bonds is 2. The van der Waals surface area contributed by atoms with E-state index in [0.717, 1.165) is 12.0 Å². The number of benzene rings is 1. The van der Waals surface area contributed by atoms with Crippen LogP contribution in [0.3, 0.4) is 0 Å². The Balaban J connectivity index is 2.37. The second kappa shape index (κ2) is 8.14. The van der Waals surface area contributed by atoms with Crippen LogP contribution in [-0.2, 0) is 14.3 Å². The van der Waals surface area contributed by atoms with Crippen molar-refractivity contribution < 1.29 is 38.8 Å². The number of aliphatic hydroxyl groups is 2. The number of aromatic amines is 1. The van der Waals surface area contributed by atoms with Gasteiger partial charge in [-0.3, -0.25) is 9.69 Å². The minimum Gasteiger partial charge on any atom is -0.464 e. The van der Waals surface area contributed by atoms with E-state index >= 15 is 0 Å². The standard InChI is InChI=1S/C21H23N3O8/c1-21(2,3)19(28)32-13-7-11-14(9-6-10(18(27)30-4)23-15(9)13)17(26)16(25)12(8-22)24(11)20(29)31-5/h6-7,12,16-17,23,25-26H,1-5H3. The van der Waals surface area contributed by atoms with E-state index in [1.165, 1.54) is 19.2 Å². The maximum absolute atomic E-state index is 12.6. The van der Waals surface area contributed by atoms with Gasteiger partial charge in [0.15, 0.2) is 11.8 Å². The normalized spacial score (nSPS) is 20.3. The van der Waals surface area contributed by atoms with Crippen molar-refractivity contribution in [2.75, 3.05) is 19.1 Å². The molecule has 11 heteroatoms. The maximum atomic E-state index is 12.6. The second-order valence-electron chi connectivity index (χ2n) is 8.26. The van der Waals surface area contributed by atoms with Crippen LogP contribution in [0.1, 0.15) is 42.9 Å². The molecule has 3 unspecified atom stereocenters. The first kappa shape index (κ1) is 23.1. The molecule has 1 aliphatic rings. The van der Waals surface area contributed by atoms with E-state index in [4.69, 9.17) is 14.2 Å². The van der Waals surface area contributed by atoms with Crippen molar-refractivity contribution in [3.63, 3.8) is 0 Å². The largest absolute Gasteiger partial charge is 0.464 e. The van der Waals surface area contributed by atoms with Crippen molar-refractivity contribution in [3.8, 4) is 11.8 Å². The van der Waals surface area contributed by atoms with Gasteiger partial charge in [0.1, 0.15) is 17.9 Å². The van der Waals surface area contributed by atoms with Crippen molar-refractivity contribution in [3.05, 3.63) is 23.4 Å². The van der Waals surface area contributed by atoms with Gasteiger partial charge in [-0.05, 0) is 26.8 Å². The Bertz CT molecular complexity index is 1140. The zero-order valence-corrected chi connectivity index (χ0v) is 18.1. The number of anilines is 1. The van der Waals surface area contributed by atoms with Crippen molar-refractivity contribution in [2.24, 2.45) is 5.41 Å².